The molecule has 26 heavy (non-hydrogen) atoms. The van der Waals surface area contributed by atoms with Crippen molar-refractivity contribution >= 4 is 11.6 Å². The summed E-state index contributed by atoms with van der Waals surface area (Å²) in [6, 6.07) is 10.1. The Balaban J connectivity index is 1.86. The minimum Gasteiger partial charge on any atom is -0.497 e. The van der Waals surface area contributed by atoms with Crippen LogP contribution in [0.3, 0.4) is 0 Å². The van der Waals surface area contributed by atoms with Gasteiger partial charge in [0.2, 0.25) is 0 Å². The van der Waals surface area contributed by atoms with Crippen molar-refractivity contribution in [2.24, 2.45) is 0 Å². The van der Waals surface area contributed by atoms with Crippen LogP contribution >= 0.6 is 0 Å². The normalized spacial score (nSPS) is 10.3. The van der Waals surface area contributed by atoms with Gasteiger partial charge in [0, 0.05) is 29.4 Å². The van der Waals surface area contributed by atoms with E-state index in [1.165, 1.54) is 18.1 Å². The van der Waals surface area contributed by atoms with Crippen molar-refractivity contribution in [1.29, 1.82) is 0 Å². The molecule has 2 aromatic carbocycles. The molecule has 0 aliphatic rings. The van der Waals surface area contributed by atoms with Gasteiger partial charge in [-0.3, -0.25) is 4.79 Å². The summed E-state index contributed by atoms with van der Waals surface area (Å²) in [7, 11) is 4.60. The highest BCUT2D eigenvalue weighted by Crippen LogP contribution is 2.27. The van der Waals surface area contributed by atoms with E-state index in [1.54, 1.807) is 50.6 Å². The number of tetrazole rings is 1. The Labute approximate surface area is 149 Å². The summed E-state index contributed by atoms with van der Waals surface area (Å²) >= 11 is 0. The van der Waals surface area contributed by atoms with Crippen LogP contribution in [0.25, 0.3) is 5.69 Å². The van der Waals surface area contributed by atoms with E-state index < -0.39 is 0 Å². The van der Waals surface area contributed by atoms with Gasteiger partial charge >= 0.3 is 0 Å². The zero-order chi connectivity index (χ0) is 18.5. The molecule has 0 fully saturated rings. The number of carbonyl (C=O) groups excluding carboxylic acids is 1. The Morgan fingerprint density at radius 1 is 1.00 bits per heavy atom. The zero-order valence-corrected chi connectivity index (χ0v) is 14.5. The molecule has 0 atom stereocenters. The first kappa shape index (κ1) is 17.2. The molecule has 0 radical (unpaired) electrons. The van der Waals surface area contributed by atoms with Gasteiger partial charge in [-0.2, -0.15) is 4.68 Å². The molecule has 3 aromatic rings. The van der Waals surface area contributed by atoms with Gasteiger partial charge in [-0.15, -0.1) is 5.10 Å². The predicted octanol–water partition coefficient (Wildman–Crippen LogP) is 1.94. The van der Waals surface area contributed by atoms with Gasteiger partial charge in [0.05, 0.1) is 21.3 Å². The first-order valence-corrected chi connectivity index (χ1v) is 7.60. The Hall–Kier alpha value is -3.62. The fourth-order valence-electron chi connectivity index (χ4n) is 2.36. The largest absolute Gasteiger partial charge is 0.497 e. The highest BCUT2D eigenvalue weighted by Gasteiger charge is 2.13. The summed E-state index contributed by atoms with van der Waals surface area (Å²) in [5.74, 6) is 1.31. The van der Waals surface area contributed by atoms with Crippen LogP contribution in [0.2, 0.25) is 0 Å². The van der Waals surface area contributed by atoms with Crippen molar-refractivity contribution in [3.8, 4) is 22.9 Å². The molecule has 0 spiro atoms. The van der Waals surface area contributed by atoms with E-state index in [4.69, 9.17) is 14.2 Å². The molecule has 1 heterocycles. The smallest absolute Gasteiger partial charge is 0.255 e. The monoisotopic (exact) mass is 355 g/mol. The summed E-state index contributed by atoms with van der Waals surface area (Å²) in [4.78, 5) is 12.6. The van der Waals surface area contributed by atoms with Crippen LogP contribution in [-0.4, -0.2) is 47.4 Å². The molecule has 0 bridgehead atoms. The molecule has 9 nitrogen and oxygen atoms in total. The average molecular weight is 355 g/mol. The van der Waals surface area contributed by atoms with E-state index >= 15 is 0 Å². The Bertz CT molecular complexity index is 889. The summed E-state index contributed by atoms with van der Waals surface area (Å²) in [6.45, 7) is 0. The standard InChI is InChI=1S/C17H17N5O4/c1-24-13-7-12(8-14(9-13)25-2)19-17(23)11-4-5-15(16(6-11)26-3)22-10-18-20-21-22/h4-10H,1-3H3,(H,19,23). The zero-order valence-electron chi connectivity index (χ0n) is 14.5. The maximum absolute atomic E-state index is 12.6. The first-order valence-electron chi connectivity index (χ1n) is 7.60. The van der Waals surface area contributed by atoms with E-state index in [0.29, 0.717) is 34.2 Å². The number of carbonyl (C=O) groups is 1. The van der Waals surface area contributed by atoms with Crippen LogP contribution in [0.4, 0.5) is 5.69 Å². The van der Waals surface area contributed by atoms with Gasteiger partial charge in [-0.25, -0.2) is 0 Å². The highest BCUT2D eigenvalue weighted by atomic mass is 16.5. The van der Waals surface area contributed by atoms with Crippen LogP contribution < -0.4 is 19.5 Å². The van der Waals surface area contributed by atoms with Crippen LogP contribution in [0.15, 0.2) is 42.7 Å². The molecule has 134 valence electrons. The molecule has 0 aliphatic heterocycles. The van der Waals surface area contributed by atoms with Crippen LogP contribution in [0, 0.1) is 0 Å². The van der Waals surface area contributed by atoms with Crippen molar-refractivity contribution in [2.45, 2.75) is 0 Å². The first-order chi connectivity index (χ1) is 12.6. The number of hydrogen-bond acceptors (Lipinski definition) is 7. The number of ether oxygens (including phenoxy) is 3. The number of benzene rings is 2. The number of anilines is 1. The number of amides is 1. The van der Waals surface area contributed by atoms with Gasteiger partial charge in [0.1, 0.15) is 29.3 Å². The molecule has 0 aliphatic carbocycles. The molecular formula is C17H17N5O4. The SMILES string of the molecule is COc1cc(NC(=O)c2ccc(-n3cnnn3)c(OC)c2)cc(OC)c1. The number of nitrogens with zero attached hydrogens (tertiary/aromatic N) is 4. The fourth-order valence-corrected chi connectivity index (χ4v) is 2.36. The van der Waals surface area contributed by atoms with Gasteiger partial charge in [-0.1, -0.05) is 0 Å². The quantitative estimate of drug-likeness (QED) is 0.721. The fraction of sp³-hybridized carbons (Fsp3) is 0.176. The van der Waals surface area contributed by atoms with Crippen molar-refractivity contribution < 1.29 is 19.0 Å². The lowest BCUT2D eigenvalue weighted by molar-refractivity contribution is 0.102. The van der Waals surface area contributed by atoms with E-state index in [-0.39, 0.29) is 5.91 Å². The number of methoxy groups -OCH3 is 3. The second-order valence-electron chi connectivity index (χ2n) is 5.20. The molecule has 1 aromatic heterocycles. The van der Waals surface area contributed by atoms with Crippen molar-refractivity contribution in [2.75, 3.05) is 26.6 Å². The summed E-state index contributed by atoms with van der Waals surface area (Å²) in [6.07, 6.45) is 1.44. The molecule has 1 N–H and O–H groups in total. The molecule has 0 unspecified atom stereocenters. The third-order valence-corrected chi connectivity index (χ3v) is 3.65. The lowest BCUT2D eigenvalue weighted by atomic mass is 10.1. The molecular weight excluding hydrogens is 338 g/mol. The van der Waals surface area contributed by atoms with Gasteiger partial charge in [-0.05, 0) is 28.6 Å². The molecule has 1 amide bonds. The molecule has 9 heteroatoms. The van der Waals surface area contributed by atoms with E-state index in [1.807, 2.05) is 0 Å². The van der Waals surface area contributed by atoms with Gasteiger partial charge in [0.25, 0.3) is 5.91 Å². The highest BCUT2D eigenvalue weighted by molar-refractivity contribution is 6.04. The van der Waals surface area contributed by atoms with Crippen molar-refractivity contribution in [3.63, 3.8) is 0 Å². The second-order valence-corrected chi connectivity index (χ2v) is 5.20. The lowest BCUT2D eigenvalue weighted by Crippen LogP contribution is -2.13. The summed E-state index contributed by atoms with van der Waals surface area (Å²) in [5.41, 5.74) is 1.59. The van der Waals surface area contributed by atoms with Gasteiger partial charge < -0.3 is 19.5 Å². The van der Waals surface area contributed by atoms with Crippen molar-refractivity contribution in [1.82, 2.24) is 20.2 Å². The van der Waals surface area contributed by atoms with Crippen LogP contribution in [0.1, 0.15) is 10.4 Å². The molecule has 3 rings (SSSR count). The number of aromatic nitrogens is 4. The Morgan fingerprint density at radius 3 is 2.31 bits per heavy atom. The van der Waals surface area contributed by atoms with Gasteiger partial charge in [0.15, 0.2) is 0 Å². The van der Waals surface area contributed by atoms with E-state index in [0.717, 1.165) is 0 Å². The maximum atomic E-state index is 12.6. The summed E-state index contributed by atoms with van der Waals surface area (Å²) < 4.78 is 17.2. The van der Waals surface area contributed by atoms with E-state index in [2.05, 4.69) is 20.8 Å². The Morgan fingerprint density at radius 2 is 1.73 bits per heavy atom. The second kappa shape index (κ2) is 7.51. The Kier molecular flexibility index (Phi) is 4.97. The topological polar surface area (TPSA) is 100 Å². The molecule has 0 saturated heterocycles. The third-order valence-electron chi connectivity index (χ3n) is 3.65. The average Bonchev–Trinajstić information content (AvgIpc) is 3.21. The van der Waals surface area contributed by atoms with Crippen molar-refractivity contribution in [3.05, 3.63) is 48.3 Å². The number of nitrogens with one attached hydrogen (secondary N) is 1. The van der Waals surface area contributed by atoms with Crippen LogP contribution in [-0.2, 0) is 0 Å². The third kappa shape index (κ3) is 3.56. The van der Waals surface area contributed by atoms with E-state index in [9.17, 15) is 4.79 Å². The summed E-state index contributed by atoms with van der Waals surface area (Å²) in [5, 5.41) is 13.8. The maximum Gasteiger partial charge on any atom is 0.255 e. The predicted molar refractivity (Wildman–Crippen MR) is 93.2 cm³/mol. The van der Waals surface area contributed by atoms with Crippen LogP contribution in [0.5, 0.6) is 17.2 Å². The minimum atomic E-state index is -0.304. The minimum absolute atomic E-state index is 0.304. The lowest BCUT2D eigenvalue weighted by Gasteiger charge is -2.12. The number of hydrogen-bond donors (Lipinski definition) is 1. The number of rotatable bonds is 6. The molecule has 0 saturated carbocycles.